The Balaban J connectivity index is 1.66. The molecule has 0 spiro atoms. The van der Waals surface area contributed by atoms with E-state index in [1.807, 2.05) is 0 Å². The minimum Gasteiger partial charge on any atom is -0.294 e. The van der Waals surface area contributed by atoms with Crippen LogP contribution in [-0.2, 0) is 13.1 Å². The number of hydrogen-bond donors (Lipinski definition) is 0. The number of nitrogens with zero attached hydrogens (tertiary/aromatic N) is 1. The number of rotatable bonds is 3. The van der Waals surface area contributed by atoms with Crippen LogP contribution in [0.5, 0.6) is 0 Å². The van der Waals surface area contributed by atoms with Gasteiger partial charge >= 0.3 is 0 Å². The van der Waals surface area contributed by atoms with Gasteiger partial charge in [-0.15, -0.1) is 0 Å². The summed E-state index contributed by atoms with van der Waals surface area (Å²) in [6, 6.07) is 30.6. The van der Waals surface area contributed by atoms with Gasteiger partial charge in [-0.3, -0.25) is 4.90 Å². The molecule has 0 saturated heterocycles. The normalized spacial score (nSPS) is 17.7. The fourth-order valence-corrected chi connectivity index (χ4v) is 3.61. The Kier molecular flexibility index (Phi) is 3.95. The molecule has 4 rings (SSSR count). The maximum atomic E-state index is 2.56. The average molecular weight is 299 g/mol. The van der Waals surface area contributed by atoms with Crippen molar-refractivity contribution in [2.24, 2.45) is 0 Å². The Hall–Kier alpha value is -2.38. The van der Waals surface area contributed by atoms with Crippen molar-refractivity contribution in [3.05, 3.63) is 107 Å². The van der Waals surface area contributed by atoms with E-state index >= 15 is 0 Å². The SMILES string of the molecule is c1ccc(CN2Cc3ccccc3[C@@H](c3ccccc3)C2)cc1. The summed E-state index contributed by atoms with van der Waals surface area (Å²) in [6.45, 7) is 3.13. The van der Waals surface area contributed by atoms with Crippen LogP contribution in [0.25, 0.3) is 0 Å². The van der Waals surface area contributed by atoms with Crippen molar-refractivity contribution in [3.63, 3.8) is 0 Å². The van der Waals surface area contributed by atoms with Gasteiger partial charge in [0.15, 0.2) is 0 Å². The zero-order valence-electron chi connectivity index (χ0n) is 13.2. The van der Waals surface area contributed by atoms with E-state index in [4.69, 9.17) is 0 Å². The van der Waals surface area contributed by atoms with Crippen molar-refractivity contribution in [2.75, 3.05) is 6.54 Å². The highest BCUT2D eigenvalue weighted by molar-refractivity contribution is 5.40. The Labute approximate surface area is 138 Å². The van der Waals surface area contributed by atoms with E-state index in [1.54, 1.807) is 0 Å². The van der Waals surface area contributed by atoms with E-state index in [-0.39, 0.29) is 0 Å². The predicted octanol–water partition coefficient (Wildman–Crippen LogP) is 4.83. The van der Waals surface area contributed by atoms with Gasteiger partial charge in [0.05, 0.1) is 0 Å². The molecule has 23 heavy (non-hydrogen) atoms. The van der Waals surface area contributed by atoms with Crippen LogP contribution >= 0.6 is 0 Å². The topological polar surface area (TPSA) is 3.24 Å². The summed E-state index contributed by atoms with van der Waals surface area (Å²) in [7, 11) is 0. The van der Waals surface area contributed by atoms with Crippen LogP contribution in [0.2, 0.25) is 0 Å². The van der Waals surface area contributed by atoms with Crippen molar-refractivity contribution in [1.82, 2.24) is 4.90 Å². The monoisotopic (exact) mass is 299 g/mol. The molecule has 0 saturated carbocycles. The summed E-state index contributed by atoms with van der Waals surface area (Å²) in [5.41, 5.74) is 5.75. The Morgan fingerprint density at radius 2 is 1.39 bits per heavy atom. The molecule has 1 aliphatic rings. The number of hydrogen-bond acceptors (Lipinski definition) is 1. The second-order valence-corrected chi connectivity index (χ2v) is 6.32. The first-order valence-corrected chi connectivity index (χ1v) is 8.29. The zero-order valence-corrected chi connectivity index (χ0v) is 13.2. The van der Waals surface area contributed by atoms with E-state index in [0.29, 0.717) is 5.92 Å². The summed E-state index contributed by atoms with van der Waals surface area (Å²) < 4.78 is 0. The van der Waals surface area contributed by atoms with Gasteiger partial charge in [0.1, 0.15) is 0 Å². The maximum absolute atomic E-state index is 2.56. The third kappa shape index (κ3) is 3.06. The summed E-state index contributed by atoms with van der Waals surface area (Å²) in [5.74, 6) is 0.463. The standard InChI is InChI=1S/C22H21N/c1-3-9-18(10-4-1)15-23-16-20-13-7-8-14-21(20)22(17-23)19-11-5-2-6-12-19/h1-14,22H,15-17H2/t22-/m1/s1. The molecule has 0 unspecified atom stereocenters. The molecule has 0 radical (unpaired) electrons. The molecule has 0 bridgehead atoms. The van der Waals surface area contributed by atoms with Crippen LogP contribution in [0.4, 0.5) is 0 Å². The van der Waals surface area contributed by atoms with Gasteiger partial charge < -0.3 is 0 Å². The highest BCUT2D eigenvalue weighted by atomic mass is 15.1. The van der Waals surface area contributed by atoms with E-state index in [9.17, 15) is 0 Å². The summed E-state index contributed by atoms with van der Waals surface area (Å²) >= 11 is 0. The predicted molar refractivity (Wildman–Crippen MR) is 95.3 cm³/mol. The van der Waals surface area contributed by atoms with Gasteiger partial charge in [-0.1, -0.05) is 84.9 Å². The first-order valence-electron chi connectivity index (χ1n) is 8.29. The summed E-state index contributed by atoms with van der Waals surface area (Å²) in [5, 5.41) is 0. The molecular formula is C22H21N. The Morgan fingerprint density at radius 3 is 2.17 bits per heavy atom. The second kappa shape index (κ2) is 6.39. The first kappa shape index (κ1) is 14.2. The van der Waals surface area contributed by atoms with Crippen LogP contribution in [0.1, 0.15) is 28.2 Å². The van der Waals surface area contributed by atoms with Crippen LogP contribution in [0.3, 0.4) is 0 Å². The average Bonchev–Trinajstić information content (AvgIpc) is 2.63. The number of fused-ring (bicyclic) bond motifs is 1. The molecule has 1 nitrogen and oxygen atoms in total. The van der Waals surface area contributed by atoms with E-state index < -0.39 is 0 Å². The number of benzene rings is 3. The molecule has 1 heterocycles. The molecule has 3 aromatic rings. The molecule has 3 aromatic carbocycles. The lowest BCUT2D eigenvalue weighted by Gasteiger charge is -2.35. The second-order valence-electron chi connectivity index (χ2n) is 6.32. The van der Waals surface area contributed by atoms with Crippen molar-refractivity contribution in [2.45, 2.75) is 19.0 Å². The minimum absolute atomic E-state index is 0.463. The van der Waals surface area contributed by atoms with Crippen molar-refractivity contribution in [3.8, 4) is 0 Å². The van der Waals surface area contributed by atoms with Gasteiger partial charge in [0, 0.05) is 25.6 Å². The smallest absolute Gasteiger partial charge is 0.0240 e. The molecule has 0 fully saturated rings. The molecule has 1 atom stereocenters. The molecule has 114 valence electrons. The Bertz CT molecular complexity index is 764. The van der Waals surface area contributed by atoms with Gasteiger partial charge in [-0.25, -0.2) is 0 Å². The van der Waals surface area contributed by atoms with E-state index in [1.165, 1.54) is 22.3 Å². The molecule has 0 aromatic heterocycles. The molecular weight excluding hydrogens is 278 g/mol. The lowest BCUT2D eigenvalue weighted by atomic mass is 9.84. The highest BCUT2D eigenvalue weighted by Gasteiger charge is 2.26. The third-order valence-corrected chi connectivity index (χ3v) is 4.72. The van der Waals surface area contributed by atoms with Crippen LogP contribution in [0, 0.1) is 0 Å². The molecule has 0 aliphatic carbocycles. The lowest BCUT2D eigenvalue weighted by Crippen LogP contribution is -2.33. The maximum Gasteiger partial charge on any atom is 0.0240 e. The lowest BCUT2D eigenvalue weighted by molar-refractivity contribution is 0.232. The van der Waals surface area contributed by atoms with Crippen LogP contribution in [-0.4, -0.2) is 11.4 Å². The van der Waals surface area contributed by atoms with E-state index in [2.05, 4.69) is 89.8 Å². The molecule has 1 heteroatoms. The van der Waals surface area contributed by atoms with Gasteiger partial charge in [0.2, 0.25) is 0 Å². The van der Waals surface area contributed by atoms with Gasteiger partial charge in [0.25, 0.3) is 0 Å². The van der Waals surface area contributed by atoms with Crippen LogP contribution in [0.15, 0.2) is 84.9 Å². The zero-order chi connectivity index (χ0) is 15.5. The molecule has 0 N–H and O–H groups in total. The fraction of sp³-hybridized carbons (Fsp3) is 0.182. The minimum atomic E-state index is 0.463. The summed E-state index contributed by atoms with van der Waals surface area (Å²) in [6.07, 6.45) is 0. The summed E-state index contributed by atoms with van der Waals surface area (Å²) in [4.78, 5) is 2.56. The largest absolute Gasteiger partial charge is 0.294 e. The molecule has 0 amide bonds. The van der Waals surface area contributed by atoms with Gasteiger partial charge in [-0.2, -0.15) is 0 Å². The fourth-order valence-electron chi connectivity index (χ4n) is 3.61. The quantitative estimate of drug-likeness (QED) is 0.669. The van der Waals surface area contributed by atoms with Gasteiger partial charge in [-0.05, 0) is 22.3 Å². The molecule has 1 aliphatic heterocycles. The van der Waals surface area contributed by atoms with Crippen LogP contribution < -0.4 is 0 Å². The Morgan fingerprint density at radius 1 is 0.739 bits per heavy atom. The van der Waals surface area contributed by atoms with Crippen molar-refractivity contribution in [1.29, 1.82) is 0 Å². The third-order valence-electron chi connectivity index (χ3n) is 4.72. The van der Waals surface area contributed by atoms with Crippen molar-refractivity contribution < 1.29 is 0 Å². The van der Waals surface area contributed by atoms with Crippen molar-refractivity contribution >= 4 is 0 Å². The highest BCUT2D eigenvalue weighted by Crippen LogP contribution is 2.33. The first-order chi connectivity index (χ1) is 11.4. The van der Waals surface area contributed by atoms with E-state index in [0.717, 1.165) is 19.6 Å².